The zero-order valence-electron chi connectivity index (χ0n) is 11.4. The molecule has 19 heavy (non-hydrogen) atoms. The molecular weight excluding hydrogens is 244 g/mol. The van der Waals surface area contributed by atoms with Crippen LogP contribution in [-0.2, 0) is 6.54 Å². The first-order valence-corrected chi connectivity index (χ1v) is 6.63. The lowest BCUT2D eigenvalue weighted by atomic mass is 10.0. The quantitative estimate of drug-likeness (QED) is 0.843. The second kappa shape index (κ2) is 5.57. The standard InChI is InChI=1S/C14H20N2O3/c1-10(17)11-7-13(14(18)19)16(8-11)9-12-5-3-4-6-15(12)2/h7-8,12H,3-6,9H2,1-2H3,(H,18,19). The number of rotatable bonds is 4. The zero-order valence-corrected chi connectivity index (χ0v) is 11.4. The summed E-state index contributed by atoms with van der Waals surface area (Å²) in [7, 11) is 2.07. The summed E-state index contributed by atoms with van der Waals surface area (Å²) in [5, 5.41) is 9.21. The predicted octanol–water partition coefficient (Wildman–Crippen LogP) is 1.87. The Labute approximate surface area is 112 Å². The molecule has 0 spiro atoms. The van der Waals surface area contributed by atoms with Gasteiger partial charge in [-0.05, 0) is 39.4 Å². The number of hydrogen-bond acceptors (Lipinski definition) is 3. The average molecular weight is 264 g/mol. The van der Waals surface area contributed by atoms with Gasteiger partial charge in [-0.3, -0.25) is 4.79 Å². The number of ketones is 1. The third-order valence-electron chi connectivity index (χ3n) is 3.85. The minimum atomic E-state index is -0.981. The number of aromatic carboxylic acids is 1. The number of piperidine rings is 1. The van der Waals surface area contributed by atoms with Gasteiger partial charge in [0.05, 0.1) is 0 Å². The van der Waals surface area contributed by atoms with Crippen LogP contribution in [0.4, 0.5) is 0 Å². The van der Waals surface area contributed by atoms with E-state index in [0.29, 0.717) is 18.2 Å². The second-order valence-electron chi connectivity index (χ2n) is 5.26. The van der Waals surface area contributed by atoms with Gasteiger partial charge in [-0.15, -0.1) is 0 Å². The molecule has 1 unspecified atom stereocenters. The van der Waals surface area contributed by atoms with E-state index in [1.54, 1.807) is 10.8 Å². The van der Waals surface area contributed by atoms with Crippen molar-refractivity contribution in [2.75, 3.05) is 13.6 Å². The summed E-state index contributed by atoms with van der Waals surface area (Å²) in [6.07, 6.45) is 5.11. The number of carboxylic acids is 1. The lowest BCUT2D eigenvalue weighted by molar-refractivity contribution is 0.0681. The van der Waals surface area contributed by atoms with Crippen molar-refractivity contribution in [1.29, 1.82) is 0 Å². The molecule has 1 aliphatic heterocycles. The molecule has 0 aliphatic carbocycles. The molecule has 0 bridgehead atoms. The van der Waals surface area contributed by atoms with E-state index in [2.05, 4.69) is 11.9 Å². The topological polar surface area (TPSA) is 62.5 Å². The van der Waals surface area contributed by atoms with Gasteiger partial charge in [0.15, 0.2) is 5.78 Å². The highest BCUT2D eigenvalue weighted by Crippen LogP contribution is 2.19. The molecular formula is C14H20N2O3. The van der Waals surface area contributed by atoms with Crippen LogP contribution in [0.3, 0.4) is 0 Å². The number of carbonyl (C=O) groups is 2. The summed E-state index contributed by atoms with van der Waals surface area (Å²) in [4.78, 5) is 24.9. The van der Waals surface area contributed by atoms with Gasteiger partial charge in [0, 0.05) is 24.3 Å². The number of carboxylic acid groups (broad SMARTS) is 1. The monoisotopic (exact) mass is 264 g/mol. The Hall–Kier alpha value is -1.62. The van der Waals surface area contributed by atoms with Crippen LogP contribution in [0.15, 0.2) is 12.3 Å². The number of nitrogens with zero attached hydrogens (tertiary/aromatic N) is 2. The van der Waals surface area contributed by atoms with Gasteiger partial charge in [-0.2, -0.15) is 0 Å². The van der Waals surface area contributed by atoms with E-state index in [0.717, 1.165) is 13.0 Å². The van der Waals surface area contributed by atoms with Crippen LogP contribution in [0.25, 0.3) is 0 Å². The Morgan fingerprint density at radius 1 is 1.42 bits per heavy atom. The summed E-state index contributed by atoms with van der Waals surface area (Å²) >= 11 is 0. The Balaban J connectivity index is 2.22. The SMILES string of the molecule is CC(=O)c1cc(C(=O)O)n(CC2CCCCN2C)c1. The number of carbonyl (C=O) groups excluding carboxylic acids is 1. The van der Waals surface area contributed by atoms with Crippen LogP contribution in [0, 0.1) is 0 Å². The van der Waals surface area contributed by atoms with Crippen LogP contribution in [0.2, 0.25) is 0 Å². The average Bonchev–Trinajstić information content (AvgIpc) is 2.76. The molecule has 5 nitrogen and oxygen atoms in total. The first-order valence-electron chi connectivity index (χ1n) is 6.63. The van der Waals surface area contributed by atoms with Crippen LogP contribution in [0.5, 0.6) is 0 Å². The van der Waals surface area contributed by atoms with E-state index in [-0.39, 0.29) is 11.5 Å². The van der Waals surface area contributed by atoms with Gasteiger partial charge in [-0.1, -0.05) is 6.42 Å². The molecule has 1 fully saturated rings. The maximum absolute atomic E-state index is 11.4. The third kappa shape index (κ3) is 3.04. The normalized spacial score (nSPS) is 20.4. The van der Waals surface area contributed by atoms with Crippen molar-refractivity contribution in [3.63, 3.8) is 0 Å². The maximum Gasteiger partial charge on any atom is 0.352 e. The van der Waals surface area contributed by atoms with Crippen LogP contribution in [0.1, 0.15) is 47.0 Å². The van der Waals surface area contributed by atoms with E-state index in [9.17, 15) is 14.7 Å². The molecule has 2 heterocycles. The maximum atomic E-state index is 11.4. The summed E-state index contributed by atoms with van der Waals surface area (Å²) in [6.45, 7) is 3.14. The summed E-state index contributed by atoms with van der Waals surface area (Å²) < 4.78 is 1.70. The highest BCUT2D eigenvalue weighted by atomic mass is 16.4. The smallest absolute Gasteiger partial charge is 0.352 e. The molecule has 1 aromatic rings. The minimum Gasteiger partial charge on any atom is -0.477 e. The zero-order chi connectivity index (χ0) is 14.0. The minimum absolute atomic E-state index is 0.0988. The van der Waals surface area contributed by atoms with Crippen LogP contribution >= 0.6 is 0 Å². The first kappa shape index (κ1) is 13.8. The molecule has 2 rings (SSSR count). The van der Waals surface area contributed by atoms with Crippen molar-refractivity contribution >= 4 is 11.8 Å². The van der Waals surface area contributed by atoms with Gasteiger partial charge >= 0.3 is 5.97 Å². The highest BCUT2D eigenvalue weighted by molar-refractivity contribution is 5.97. The molecule has 1 aliphatic rings. The van der Waals surface area contributed by atoms with Crippen molar-refractivity contribution in [3.05, 3.63) is 23.5 Å². The largest absolute Gasteiger partial charge is 0.477 e. The third-order valence-corrected chi connectivity index (χ3v) is 3.85. The fourth-order valence-corrected chi connectivity index (χ4v) is 2.63. The first-order chi connectivity index (χ1) is 8.99. The van der Waals surface area contributed by atoms with Crippen molar-refractivity contribution in [2.24, 2.45) is 0 Å². The molecule has 1 saturated heterocycles. The van der Waals surface area contributed by atoms with Gasteiger partial charge in [0.25, 0.3) is 0 Å². The Kier molecular flexibility index (Phi) is 4.04. The van der Waals surface area contributed by atoms with Crippen molar-refractivity contribution in [2.45, 2.75) is 38.8 Å². The number of Topliss-reactive ketones (excluding diaryl/α,β-unsaturated/α-hetero) is 1. The fraction of sp³-hybridized carbons (Fsp3) is 0.571. The van der Waals surface area contributed by atoms with Gasteiger partial charge in [-0.25, -0.2) is 4.79 Å². The Bertz CT molecular complexity index is 493. The number of likely N-dealkylation sites (tertiary alicyclic amines) is 1. The predicted molar refractivity (Wildman–Crippen MR) is 71.7 cm³/mol. The molecule has 0 amide bonds. The summed E-state index contributed by atoms with van der Waals surface area (Å²) in [5.74, 6) is -1.08. The molecule has 104 valence electrons. The van der Waals surface area contributed by atoms with Crippen molar-refractivity contribution in [3.8, 4) is 0 Å². The van der Waals surface area contributed by atoms with E-state index >= 15 is 0 Å². The molecule has 0 aromatic carbocycles. The van der Waals surface area contributed by atoms with Crippen molar-refractivity contribution < 1.29 is 14.7 Å². The highest BCUT2D eigenvalue weighted by Gasteiger charge is 2.22. The van der Waals surface area contributed by atoms with E-state index in [1.165, 1.54) is 25.8 Å². The van der Waals surface area contributed by atoms with Crippen LogP contribution in [-0.4, -0.2) is 46.0 Å². The number of likely N-dealkylation sites (N-methyl/N-ethyl adjacent to an activating group) is 1. The second-order valence-corrected chi connectivity index (χ2v) is 5.26. The van der Waals surface area contributed by atoms with E-state index in [4.69, 9.17) is 0 Å². The number of hydrogen-bond donors (Lipinski definition) is 1. The molecule has 5 heteroatoms. The lowest BCUT2D eigenvalue weighted by Crippen LogP contribution is -2.39. The number of aromatic nitrogens is 1. The van der Waals surface area contributed by atoms with Gasteiger partial charge in [0.1, 0.15) is 5.69 Å². The molecule has 0 radical (unpaired) electrons. The summed E-state index contributed by atoms with van der Waals surface area (Å²) in [5.41, 5.74) is 0.667. The Morgan fingerprint density at radius 3 is 2.74 bits per heavy atom. The lowest BCUT2D eigenvalue weighted by Gasteiger charge is -2.32. The molecule has 0 saturated carbocycles. The van der Waals surface area contributed by atoms with E-state index in [1.807, 2.05) is 0 Å². The van der Waals surface area contributed by atoms with Gasteiger partial charge < -0.3 is 14.6 Å². The molecule has 1 atom stereocenters. The fourth-order valence-electron chi connectivity index (χ4n) is 2.63. The Morgan fingerprint density at radius 2 is 2.16 bits per heavy atom. The van der Waals surface area contributed by atoms with E-state index < -0.39 is 5.97 Å². The molecule has 1 N–H and O–H groups in total. The summed E-state index contributed by atoms with van der Waals surface area (Å²) in [6, 6.07) is 1.81. The van der Waals surface area contributed by atoms with Crippen molar-refractivity contribution in [1.82, 2.24) is 9.47 Å². The van der Waals surface area contributed by atoms with Gasteiger partial charge in [0.2, 0.25) is 0 Å². The molecule has 1 aromatic heterocycles. The van der Waals surface area contributed by atoms with Crippen LogP contribution < -0.4 is 0 Å².